The Balaban J connectivity index is -0.0000000144. The van der Waals surface area contributed by atoms with E-state index in [1.165, 1.54) is 0 Å². The normalized spacial score (nSPS) is 4.36. The third kappa shape index (κ3) is 1970. The van der Waals surface area contributed by atoms with Gasteiger partial charge >= 0.3 is 21.7 Å². The molecule has 3 heteroatoms. The molecular formula is C8H22O2Ti. The van der Waals surface area contributed by atoms with Crippen LogP contribution in [0.2, 0.25) is 0 Å². The van der Waals surface area contributed by atoms with Crippen molar-refractivity contribution in [3.05, 3.63) is 12.8 Å². The first-order chi connectivity index (χ1) is 4.83. The van der Waals surface area contributed by atoms with Gasteiger partial charge in [0.15, 0.2) is 0 Å². The Kier molecular flexibility index (Phi) is 387. The van der Waals surface area contributed by atoms with Gasteiger partial charge in [0.25, 0.3) is 0 Å². The quantitative estimate of drug-likeness (QED) is 0.459. The molecule has 2 N–H and O–H groups in total. The maximum atomic E-state index is 7.00. The predicted octanol–water partition coefficient (Wildman–Crippen LogP) is 1.68. The van der Waals surface area contributed by atoms with Crippen LogP contribution >= 0.6 is 0 Å². The van der Waals surface area contributed by atoms with E-state index in [1.54, 1.807) is 0 Å². The number of hydrogen-bond acceptors (Lipinski definition) is 2. The summed E-state index contributed by atoms with van der Waals surface area (Å²) in [7, 11) is 2.00. The molecule has 11 heavy (non-hydrogen) atoms. The number of aliphatic hydroxyl groups excluding tert-OH is 2. The molecule has 0 heterocycles. The molecule has 0 spiro atoms. The fourth-order valence-corrected chi connectivity index (χ4v) is 0. The van der Waals surface area contributed by atoms with Crippen LogP contribution in [0.5, 0.6) is 0 Å². The molecule has 0 atom stereocenters. The Morgan fingerprint density at radius 1 is 0.636 bits per heavy atom. The molecule has 0 unspecified atom stereocenters. The van der Waals surface area contributed by atoms with E-state index >= 15 is 0 Å². The molecule has 2 nitrogen and oxygen atoms in total. The van der Waals surface area contributed by atoms with Gasteiger partial charge in [0.1, 0.15) is 0 Å². The van der Waals surface area contributed by atoms with Gasteiger partial charge in [-0.15, -0.1) is 0 Å². The SMILES string of the molecule is CO.CO.C[CH-]C.C[CH-]C.[Ti+2]. The van der Waals surface area contributed by atoms with Crippen LogP contribution in [0.1, 0.15) is 27.7 Å². The van der Waals surface area contributed by atoms with Gasteiger partial charge in [0.2, 0.25) is 0 Å². The first-order valence-electron chi connectivity index (χ1n) is 3.20. The van der Waals surface area contributed by atoms with E-state index in [0.29, 0.717) is 0 Å². The van der Waals surface area contributed by atoms with Crippen molar-refractivity contribution in [3.63, 3.8) is 0 Å². The van der Waals surface area contributed by atoms with Crippen LogP contribution in [-0.2, 0) is 21.7 Å². The fourth-order valence-electron chi connectivity index (χ4n) is 0. The van der Waals surface area contributed by atoms with Crippen molar-refractivity contribution in [2.45, 2.75) is 27.7 Å². The van der Waals surface area contributed by atoms with Gasteiger partial charge in [-0.2, -0.15) is 27.7 Å². The molecule has 0 aromatic heterocycles. The average molecular weight is 198 g/mol. The largest absolute Gasteiger partial charge is 2.00 e. The van der Waals surface area contributed by atoms with Gasteiger partial charge in [-0.1, -0.05) is 0 Å². The van der Waals surface area contributed by atoms with Crippen molar-refractivity contribution in [1.82, 2.24) is 0 Å². The minimum absolute atomic E-state index is 0. The molecule has 0 radical (unpaired) electrons. The molecule has 0 saturated heterocycles. The molecule has 0 saturated carbocycles. The molecule has 0 amide bonds. The van der Waals surface area contributed by atoms with Gasteiger partial charge in [-0.25, -0.2) is 0 Å². The van der Waals surface area contributed by atoms with Crippen LogP contribution < -0.4 is 0 Å². The van der Waals surface area contributed by atoms with Crippen LogP contribution in [0.4, 0.5) is 0 Å². The van der Waals surface area contributed by atoms with E-state index in [1.807, 2.05) is 40.5 Å². The summed E-state index contributed by atoms with van der Waals surface area (Å²) in [6, 6.07) is 0. The summed E-state index contributed by atoms with van der Waals surface area (Å²) >= 11 is 0. The minimum Gasteiger partial charge on any atom is -0.400 e. The third-order valence-corrected chi connectivity index (χ3v) is 0. The van der Waals surface area contributed by atoms with E-state index in [0.717, 1.165) is 14.2 Å². The molecule has 0 bridgehead atoms. The van der Waals surface area contributed by atoms with Crippen LogP contribution in [0, 0.1) is 12.8 Å². The van der Waals surface area contributed by atoms with Crippen LogP contribution in [0.3, 0.4) is 0 Å². The second-order valence-corrected chi connectivity index (χ2v) is 1.15. The Labute approximate surface area is 86.9 Å². The molecule has 0 rings (SSSR count). The third-order valence-electron chi connectivity index (χ3n) is 0. The first-order valence-corrected chi connectivity index (χ1v) is 3.20. The summed E-state index contributed by atoms with van der Waals surface area (Å²) < 4.78 is 0. The van der Waals surface area contributed by atoms with Crippen molar-refractivity contribution in [2.24, 2.45) is 0 Å². The molecule has 0 aliphatic rings. The topological polar surface area (TPSA) is 40.5 Å². The van der Waals surface area contributed by atoms with Crippen molar-refractivity contribution >= 4 is 0 Å². The number of rotatable bonds is 0. The molecule has 0 fully saturated rings. The molecular weight excluding hydrogens is 176 g/mol. The van der Waals surface area contributed by atoms with Crippen molar-refractivity contribution in [2.75, 3.05) is 14.2 Å². The number of hydrogen-bond donors (Lipinski definition) is 2. The second kappa shape index (κ2) is 142. The van der Waals surface area contributed by atoms with Crippen LogP contribution in [0.15, 0.2) is 0 Å². The van der Waals surface area contributed by atoms with E-state index in [9.17, 15) is 0 Å². The van der Waals surface area contributed by atoms with E-state index in [2.05, 4.69) is 0 Å². The maximum Gasteiger partial charge on any atom is 2.00 e. The summed E-state index contributed by atoms with van der Waals surface area (Å²) in [6.45, 7) is 8.00. The monoisotopic (exact) mass is 198 g/mol. The summed E-state index contributed by atoms with van der Waals surface area (Å²) in [6.07, 6.45) is 4.00. The van der Waals surface area contributed by atoms with Gasteiger partial charge < -0.3 is 23.1 Å². The van der Waals surface area contributed by atoms with Crippen molar-refractivity contribution in [1.29, 1.82) is 0 Å². The van der Waals surface area contributed by atoms with E-state index in [4.69, 9.17) is 10.2 Å². The maximum absolute atomic E-state index is 7.00. The average Bonchev–Trinajstić information content (AvgIpc) is 1.99. The summed E-state index contributed by atoms with van der Waals surface area (Å²) in [5.74, 6) is 0. The van der Waals surface area contributed by atoms with Crippen LogP contribution in [-0.4, -0.2) is 24.4 Å². The Morgan fingerprint density at radius 2 is 0.636 bits per heavy atom. The molecule has 0 aliphatic heterocycles. The first kappa shape index (κ1) is 29.9. The Bertz CT molecular complexity index is 14.1. The standard InChI is InChI=1S/2C3H7.2CH4O.Ti/c2*1-3-2;2*1-2;/h2*3H,1-2H3;2*2H,1H3;/q2*-1;;;+2. The van der Waals surface area contributed by atoms with Gasteiger partial charge in [0.05, 0.1) is 0 Å². The molecule has 0 aromatic rings. The summed E-state index contributed by atoms with van der Waals surface area (Å²) in [4.78, 5) is 0. The van der Waals surface area contributed by atoms with Gasteiger partial charge in [-0.05, 0) is 0 Å². The second-order valence-electron chi connectivity index (χ2n) is 1.15. The summed E-state index contributed by atoms with van der Waals surface area (Å²) in [5.41, 5.74) is 0. The zero-order valence-corrected chi connectivity index (χ0v) is 10.1. The van der Waals surface area contributed by atoms with Gasteiger partial charge in [-0.3, -0.25) is 0 Å². The number of aliphatic hydroxyl groups is 2. The van der Waals surface area contributed by atoms with E-state index in [-0.39, 0.29) is 21.7 Å². The van der Waals surface area contributed by atoms with Crippen molar-refractivity contribution < 1.29 is 31.9 Å². The smallest absolute Gasteiger partial charge is 0.400 e. The zero-order chi connectivity index (χ0) is 9.41. The predicted molar refractivity (Wildman–Crippen MR) is 47.6 cm³/mol. The Morgan fingerprint density at radius 3 is 0.636 bits per heavy atom. The Hall–Kier alpha value is 0.634. The van der Waals surface area contributed by atoms with Gasteiger partial charge in [0, 0.05) is 14.2 Å². The van der Waals surface area contributed by atoms with E-state index < -0.39 is 0 Å². The zero-order valence-electron chi connectivity index (χ0n) is 8.55. The fraction of sp³-hybridized carbons (Fsp3) is 0.750. The molecule has 0 aliphatic carbocycles. The van der Waals surface area contributed by atoms with Crippen LogP contribution in [0.25, 0.3) is 0 Å². The molecule has 0 aromatic carbocycles. The van der Waals surface area contributed by atoms with Crippen molar-refractivity contribution in [3.8, 4) is 0 Å². The summed E-state index contributed by atoms with van der Waals surface area (Å²) in [5, 5.41) is 14.0. The molecule has 70 valence electrons. The minimum atomic E-state index is 0.